The predicted octanol–water partition coefficient (Wildman–Crippen LogP) is 3.70. The second-order valence-electron chi connectivity index (χ2n) is 5.88. The Balaban J connectivity index is 2.28. The van der Waals surface area contributed by atoms with Gasteiger partial charge in [-0.15, -0.1) is 0 Å². The molecule has 0 spiro atoms. The Labute approximate surface area is 155 Å². The van der Waals surface area contributed by atoms with Crippen LogP contribution in [0.5, 0.6) is 11.5 Å². The molecule has 144 valence electrons. The van der Waals surface area contributed by atoms with Crippen molar-refractivity contribution in [2.45, 2.75) is 33.1 Å². The molecule has 7 nitrogen and oxygen atoms in total. The fourth-order valence-corrected chi connectivity index (χ4v) is 2.57. The summed E-state index contributed by atoms with van der Waals surface area (Å²) in [7, 11) is 3.25. The summed E-state index contributed by atoms with van der Waals surface area (Å²) in [6, 6.07) is 3.80. The van der Waals surface area contributed by atoms with Gasteiger partial charge in [-0.05, 0) is 25.8 Å². The lowest BCUT2D eigenvalue weighted by molar-refractivity contribution is 0.147. The van der Waals surface area contributed by atoms with Crippen LogP contribution >= 0.6 is 0 Å². The van der Waals surface area contributed by atoms with Gasteiger partial charge < -0.3 is 24.8 Å². The standard InChI is InChI=1S/C19H30N4O3/c1-5-7-9-20-18-14-12-16(24-3)17(25-4)13-15(14)22-19(23-18)21-10-8-11-26-6-2/h12-13H,5-11H2,1-4H3,(H2,20,21,22,23). The van der Waals surface area contributed by atoms with Gasteiger partial charge in [-0.1, -0.05) is 13.3 Å². The zero-order chi connectivity index (χ0) is 18.8. The molecule has 0 saturated carbocycles. The van der Waals surface area contributed by atoms with Crippen molar-refractivity contribution < 1.29 is 14.2 Å². The Hall–Kier alpha value is -2.28. The molecule has 0 atom stereocenters. The summed E-state index contributed by atoms with van der Waals surface area (Å²) in [5.74, 6) is 2.72. The van der Waals surface area contributed by atoms with Crippen LogP contribution in [0.3, 0.4) is 0 Å². The third-order valence-corrected chi connectivity index (χ3v) is 3.98. The first kappa shape index (κ1) is 20.0. The number of anilines is 2. The highest BCUT2D eigenvalue weighted by Gasteiger charge is 2.13. The molecule has 1 heterocycles. The van der Waals surface area contributed by atoms with Gasteiger partial charge in [0.1, 0.15) is 5.82 Å². The second kappa shape index (κ2) is 10.7. The highest BCUT2D eigenvalue weighted by Crippen LogP contribution is 2.34. The van der Waals surface area contributed by atoms with E-state index < -0.39 is 0 Å². The first-order valence-corrected chi connectivity index (χ1v) is 9.22. The van der Waals surface area contributed by atoms with Crippen LogP contribution in [0.2, 0.25) is 0 Å². The number of unbranched alkanes of at least 4 members (excludes halogenated alkanes) is 1. The molecule has 0 aliphatic carbocycles. The smallest absolute Gasteiger partial charge is 0.225 e. The van der Waals surface area contributed by atoms with Crippen LogP contribution in [0.4, 0.5) is 11.8 Å². The van der Waals surface area contributed by atoms with E-state index in [0.717, 1.165) is 62.3 Å². The summed E-state index contributed by atoms with van der Waals surface area (Å²) in [4.78, 5) is 9.28. The van der Waals surface area contributed by atoms with Gasteiger partial charge in [0.15, 0.2) is 11.5 Å². The van der Waals surface area contributed by atoms with E-state index in [9.17, 15) is 0 Å². The van der Waals surface area contributed by atoms with Gasteiger partial charge in [0.25, 0.3) is 0 Å². The van der Waals surface area contributed by atoms with Crippen molar-refractivity contribution in [1.82, 2.24) is 9.97 Å². The molecule has 0 unspecified atom stereocenters. The van der Waals surface area contributed by atoms with Crippen LogP contribution in [-0.4, -0.2) is 50.5 Å². The van der Waals surface area contributed by atoms with Gasteiger partial charge in [0, 0.05) is 37.8 Å². The molecule has 1 aromatic carbocycles. The summed E-state index contributed by atoms with van der Waals surface area (Å²) in [6.45, 7) is 7.24. The zero-order valence-electron chi connectivity index (χ0n) is 16.2. The summed E-state index contributed by atoms with van der Waals surface area (Å²) < 4.78 is 16.2. The molecule has 7 heteroatoms. The normalized spacial score (nSPS) is 10.8. The molecule has 2 aromatic rings. The highest BCUT2D eigenvalue weighted by molar-refractivity contribution is 5.92. The van der Waals surface area contributed by atoms with Crippen molar-refractivity contribution in [1.29, 1.82) is 0 Å². The van der Waals surface area contributed by atoms with Crippen LogP contribution in [0.1, 0.15) is 33.1 Å². The third-order valence-electron chi connectivity index (χ3n) is 3.98. The van der Waals surface area contributed by atoms with Crippen LogP contribution in [0, 0.1) is 0 Å². The summed E-state index contributed by atoms with van der Waals surface area (Å²) in [5.41, 5.74) is 0.809. The van der Waals surface area contributed by atoms with Crippen LogP contribution in [-0.2, 0) is 4.74 Å². The summed E-state index contributed by atoms with van der Waals surface area (Å²) >= 11 is 0. The molecule has 2 rings (SSSR count). The Morgan fingerprint density at radius 1 is 0.923 bits per heavy atom. The average molecular weight is 362 g/mol. The lowest BCUT2D eigenvalue weighted by atomic mass is 10.2. The van der Waals surface area contributed by atoms with Crippen molar-refractivity contribution in [3.63, 3.8) is 0 Å². The number of benzene rings is 1. The number of fused-ring (bicyclic) bond motifs is 1. The Morgan fingerprint density at radius 2 is 1.65 bits per heavy atom. The predicted molar refractivity (Wildman–Crippen MR) is 106 cm³/mol. The second-order valence-corrected chi connectivity index (χ2v) is 5.88. The first-order chi connectivity index (χ1) is 12.7. The van der Waals surface area contributed by atoms with Crippen molar-refractivity contribution in [3.8, 4) is 11.5 Å². The van der Waals surface area contributed by atoms with Crippen LogP contribution in [0.25, 0.3) is 10.9 Å². The van der Waals surface area contributed by atoms with Crippen molar-refractivity contribution in [2.75, 3.05) is 51.2 Å². The molecule has 0 aliphatic rings. The zero-order valence-corrected chi connectivity index (χ0v) is 16.2. The maximum atomic E-state index is 5.42. The van der Waals surface area contributed by atoms with Gasteiger partial charge in [-0.25, -0.2) is 4.98 Å². The molecule has 0 fully saturated rings. The summed E-state index contributed by atoms with van der Waals surface area (Å²) in [6.07, 6.45) is 3.10. The number of nitrogens with zero attached hydrogens (tertiary/aromatic N) is 2. The number of hydrogen-bond donors (Lipinski definition) is 2. The monoisotopic (exact) mass is 362 g/mol. The molecule has 0 aliphatic heterocycles. The van der Waals surface area contributed by atoms with E-state index in [0.29, 0.717) is 17.4 Å². The average Bonchev–Trinajstić information content (AvgIpc) is 2.66. The molecule has 0 radical (unpaired) electrons. The SMILES string of the molecule is CCCCNc1nc(NCCCOCC)nc2cc(OC)c(OC)cc12. The number of rotatable bonds is 12. The van der Waals surface area contributed by atoms with Crippen LogP contribution < -0.4 is 20.1 Å². The van der Waals surface area contributed by atoms with Crippen molar-refractivity contribution in [2.24, 2.45) is 0 Å². The van der Waals surface area contributed by atoms with Gasteiger partial charge >= 0.3 is 0 Å². The number of nitrogens with one attached hydrogen (secondary N) is 2. The van der Waals surface area contributed by atoms with E-state index in [1.807, 2.05) is 19.1 Å². The molecular weight excluding hydrogens is 332 g/mol. The highest BCUT2D eigenvalue weighted by atomic mass is 16.5. The fraction of sp³-hybridized carbons (Fsp3) is 0.579. The largest absolute Gasteiger partial charge is 0.493 e. The number of hydrogen-bond acceptors (Lipinski definition) is 7. The van der Waals surface area contributed by atoms with Gasteiger partial charge in [0.05, 0.1) is 19.7 Å². The number of ether oxygens (including phenoxy) is 3. The van der Waals surface area contributed by atoms with E-state index in [1.54, 1.807) is 14.2 Å². The van der Waals surface area contributed by atoms with E-state index in [4.69, 9.17) is 14.2 Å². The Bertz CT molecular complexity index is 694. The summed E-state index contributed by atoms with van der Waals surface area (Å²) in [5, 5.41) is 7.61. The van der Waals surface area contributed by atoms with Crippen molar-refractivity contribution >= 4 is 22.7 Å². The van der Waals surface area contributed by atoms with Gasteiger partial charge in [-0.3, -0.25) is 0 Å². The van der Waals surface area contributed by atoms with E-state index >= 15 is 0 Å². The molecule has 0 saturated heterocycles. The minimum Gasteiger partial charge on any atom is -0.493 e. The minimum absolute atomic E-state index is 0.597. The van der Waals surface area contributed by atoms with Crippen LogP contribution in [0.15, 0.2) is 12.1 Å². The Morgan fingerprint density at radius 3 is 2.35 bits per heavy atom. The lowest BCUT2D eigenvalue weighted by Gasteiger charge is -2.14. The van der Waals surface area contributed by atoms with E-state index in [2.05, 4.69) is 27.5 Å². The number of methoxy groups -OCH3 is 2. The quantitative estimate of drug-likeness (QED) is 0.557. The van der Waals surface area contributed by atoms with Crippen molar-refractivity contribution in [3.05, 3.63) is 12.1 Å². The molecule has 2 N–H and O–H groups in total. The lowest BCUT2D eigenvalue weighted by Crippen LogP contribution is -2.11. The molecule has 26 heavy (non-hydrogen) atoms. The van der Waals surface area contributed by atoms with Gasteiger partial charge in [0.2, 0.25) is 5.95 Å². The number of aromatic nitrogens is 2. The van der Waals surface area contributed by atoms with E-state index in [-0.39, 0.29) is 0 Å². The minimum atomic E-state index is 0.597. The molecule has 0 bridgehead atoms. The third kappa shape index (κ3) is 5.36. The fourth-order valence-electron chi connectivity index (χ4n) is 2.57. The van der Waals surface area contributed by atoms with E-state index in [1.165, 1.54) is 0 Å². The topological polar surface area (TPSA) is 77.5 Å². The van der Waals surface area contributed by atoms with Gasteiger partial charge in [-0.2, -0.15) is 4.98 Å². The first-order valence-electron chi connectivity index (χ1n) is 9.22. The maximum Gasteiger partial charge on any atom is 0.225 e. The molecule has 1 aromatic heterocycles. The maximum absolute atomic E-state index is 5.42. The Kier molecular flexibility index (Phi) is 8.21. The molecular formula is C19H30N4O3. The molecule has 0 amide bonds.